The molecule has 0 bridgehead atoms. The van der Waals surface area contributed by atoms with Crippen molar-refractivity contribution in [3.63, 3.8) is 0 Å². The molecule has 4 aromatic carbocycles. The van der Waals surface area contributed by atoms with Gasteiger partial charge < -0.3 is 10.1 Å². The summed E-state index contributed by atoms with van der Waals surface area (Å²) < 4.78 is 44.6. The van der Waals surface area contributed by atoms with Crippen molar-refractivity contribution in [2.45, 2.75) is 38.5 Å². The molecule has 0 aromatic heterocycles. The lowest BCUT2D eigenvalue weighted by molar-refractivity contribution is -0.137. The Morgan fingerprint density at radius 3 is 2.26 bits per heavy atom. The molecular weight excluding hydrogens is 435 g/mol. The summed E-state index contributed by atoms with van der Waals surface area (Å²) in [6.45, 7) is 4.25. The van der Waals surface area contributed by atoms with Crippen LogP contribution in [0.15, 0.2) is 84.9 Å². The highest BCUT2D eigenvalue weighted by Gasteiger charge is 2.30. The molecule has 176 valence electrons. The van der Waals surface area contributed by atoms with Gasteiger partial charge in [0.25, 0.3) is 0 Å². The molecule has 2 nitrogen and oxygen atoms in total. The number of hydrogen-bond acceptors (Lipinski definition) is 2. The Morgan fingerprint density at radius 1 is 0.853 bits per heavy atom. The predicted molar refractivity (Wildman–Crippen MR) is 132 cm³/mol. The van der Waals surface area contributed by atoms with Crippen LogP contribution in [0, 0.1) is 0 Å². The van der Waals surface area contributed by atoms with Crippen LogP contribution in [-0.4, -0.2) is 7.11 Å². The third-order valence-corrected chi connectivity index (χ3v) is 6.26. The first-order chi connectivity index (χ1) is 16.3. The van der Waals surface area contributed by atoms with Gasteiger partial charge in [0, 0.05) is 12.1 Å². The number of nitrogens with one attached hydrogen (secondary N) is 1. The maximum absolute atomic E-state index is 13.1. The van der Waals surface area contributed by atoms with Gasteiger partial charge >= 0.3 is 6.18 Å². The van der Waals surface area contributed by atoms with Crippen LogP contribution in [0.3, 0.4) is 0 Å². The SMILES string of the molecule is CCC(N[C@H](C)c1cccc(OC)c1)c1cc(-c2ccc(C(F)(F)F)cc2)c2ccccc2c1. The first-order valence-corrected chi connectivity index (χ1v) is 11.4. The number of methoxy groups -OCH3 is 1. The third kappa shape index (κ3) is 5.10. The first-order valence-electron chi connectivity index (χ1n) is 11.4. The van der Waals surface area contributed by atoms with Gasteiger partial charge in [0.2, 0.25) is 0 Å². The molecule has 0 fully saturated rings. The molecule has 2 atom stereocenters. The quantitative estimate of drug-likeness (QED) is 0.297. The fourth-order valence-corrected chi connectivity index (χ4v) is 4.37. The molecule has 4 aromatic rings. The van der Waals surface area contributed by atoms with E-state index < -0.39 is 11.7 Å². The third-order valence-electron chi connectivity index (χ3n) is 6.26. The summed E-state index contributed by atoms with van der Waals surface area (Å²) in [5.74, 6) is 0.814. The monoisotopic (exact) mass is 463 g/mol. The average Bonchev–Trinajstić information content (AvgIpc) is 2.86. The highest BCUT2D eigenvalue weighted by molar-refractivity contribution is 5.97. The minimum atomic E-state index is -4.35. The van der Waals surface area contributed by atoms with Crippen molar-refractivity contribution in [3.05, 3.63) is 102 Å². The van der Waals surface area contributed by atoms with Crippen LogP contribution >= 0.6 is 0 Å². The first kappa shape index (κ1) is 23.8. The van der Waals surface area contributed by atoms with Crippen molar-refractivity contribution >= 4 is 10.8 Å². The minimum absolute atomic E-state index is 0.0685. The molecule has 1 unspecified atom stereocenters. The standard InChI is InChI=1S/C29H28F3NO/c1-4-28(33-19(2)21-9-7-10-25(17-21)34-3)23-16-22-8-5-6-11-26(22)27(18-23)20-12-14-24(15-13-20)29(30,31)32/h5-19,28,33H,4H2,1-3H3/t19-,28?/m1/s1. The van der Waals surface area contributed by atoms with Crippen molar-refractivity contribution in [1.82, 2.24) is 5.32 Å². The zero-order valence-electron chi connectivity index (χ0n) is 19.5. The molecule has 5 heteroatoms. The number of alkyl halides is 3. The lowest BCUT2D eigenvalue weighted by atomic mass is 9.91. The molecular formula is C29H28F3NO. The van der Waals surface area contributed by atoms with E-state index in [0.29, 0.717) is 0 Å². The van der Waals surface area contributed by atoms with E-state index in [0.717, 1.165) is 57.3 Å². The lowest BCUT2D eigenvalue weighted by Crippen LogP contribution is -2.24. The zero-order chi connectivity index (χ0) is 24.3. The summed E-state index contributed by atoms with van der Waals surface area (Å²) >= 11 is 0. The van der Waals surface area contributed by atoms with Crippen LogP contribution in [0.1, 0.15) is 49.0 Å². The molecule has 0 aliphatic carbocycles. The van der Waals surface area contributed by atoms with E-state index in [1.165, 1.54) is 0 Å². The topological polar surface area (TPSA) is 21.3 Å². The highest BCUT2D eigenvalue weighted by Crippen LogP contribution is 2.36. The number of rotatable bonds is 7. The molecule has 0 radical (unpaired) electrons. The Hall–Kier alpha value is -3.31. The van der Waals surface area contributed by atoms with E-state index in [4.69, 9.17) is 4.74 Å². The van der Waals surface area contributed by atoms with Crippen LogP contribution in [-0.2, 0) is 6.18 Å². The molecule has 34 heavy (non-hydrogen) atoms. The van der Waals surface area contributed by atoms with E-state index in [-0.39, 0.29) is 12.1 Å². The zero-order valence-corrected chi connectivity index (χ0v) is 19.5. The molecule has 0 saturated carbocycles. The van der Waals surface area contributed by atoms with Gasteiger partial charge in [-0.15, -0.1) is 0 Å². The molecule has 0 aliphatic rings. The summed E-state index contributed by atoms with van der Waals surface area (Å²) in [6, 6.07) is 25.8. The Labute approximate surface area is 198 Å². The number of fused-ring (bicyclic) bond motifs is 1. The van der Waals surface area contributed by atoms with Crippen LogP contribution in [0.5, 0.6) is 5.75 Å². The Morgan fingerprint density at radius 2 is 1.59 bits per heavy atom. The predicted octanol–water partition coefficient (Wildman–Crippen LogP) is 8.34. The van der Waals surface area contributed by atoms with E-state index in [2.05, 4.69) is 37.4 Å². The van der Waals surface area contributed by atoms with E-state index in [1.54, 1.807) is 19.2 Å². The molecule has 0 aliphatic heterocycles. The molecule has 4 rings (SSSR count). The normalized spacial score (nSPS) is 13.6. The summed E-state index contributed by atoms with van der Waals surface area (Å²) in [4.78, 5) is 0. The second-order valence-electron chi connectivity index (χ2n) is 8.49. The van der Waals surface area contributed by atoms with Gasteiger partial charge in [-0.2, -0.15) is 13.2 Å². The summed E-state index contributed by atoms with van der Waals surface area (Å²) in [7, 11) is 1.66. The van der Waals surface area contributed by atoms with Crippen LogP contribution < -0.4 is 10.1 Å². The van der Waals surface area contributed by atoms with Crippen molar-refractivity contribution in [2.75, 3.05) is 7.11 Å². The number of benzene rings is 4. The van der Waals surface area contributed by atoms with Gasteiger partial charge in [-0.25, -0.2) is 0 Å². The van der Waals surface area contributed by atoms with E-state index >= 15 is 0 Å². The fourth-order valence-electron chi connectivity index (χ4n) is 4.37. The second-order valence-corrected chi connectivity index (χ2v) is 8.49. The largest absolute Gasteiger partial charge is 0.497 e. The maximum atomic E-state index is 13.1. The number of ether oxygens (including phenoxy) is 1. The van der Waals surface area contributed by atoms with Crippen LogP contribution in [0.4, 0.5) is 13.2 Å². The van der Waals surface area contributed by atoms with Crippen LogP contribution in [0.25, 0.3) is 21.9 Å². The van der Waals surface area contributed by atoms with Gasteiger partial charge in [-0.1, -0.05) is 55.5 Å². The molecule has 1 N–H and O–H groups in total. The van der Waals surface area contributed by atoms with Gasteiger partial charge in [-0.3, -0.25) is 0 Å². The Bertz CT molecular complexity index is 1260. The average molecular weight is 464 g/mol. The highest BCUT2D eigenvalue weighted by atomic mass is 19.4. The smallest absolute Gasteiger partial charge is 0.416 e. The van der Waals surface area contributed by atoms with E-state index in [9.17, 15) is 13.2 Å². The number of hydrogen-bond donors (Lipinski definition) is 1. The van der Waals surface area contributed by atoms with Crippen molar-refractivity contribution in [3.8, 4) is 16.9 Å². The van der Waals surface area contributed by atoms with Gasteiger partial charge in [0.1, 0.15) is 5.75 Å². The lowest BCUT2D eigenvalue weighted by Gasteiger charge is -2.24. The van der Waals surface area contributed by atoms with Gasteiger partial charge in [0.05, 0.1) is 12.7 Å². The van der Waals surface area contributed by atoms with E-state index in [1.807, 2.05) is 42.5 Å². The summed E-state index contributed by atoms with van der Waals surface area (Å²) in [5, 5.41) is 5.79. The van der Waals surface area contributed by atoms with Gasteiger partial charge in [-0.05, 0) is 82.8 Å². The van der Waals surface area contributed by atoms with Crippen molar-refractivity contribution in [2.24, 2.45) is 0 Å². The summed E-state index contributed by atoms with van der Waals surface area (Å²) in [6.07, 6.45) is -3.49. The molecule has 0 amide bonds. The Balaban J connectivity index is 1.72. The summed E-state index contributed by atoms with van der Waals surface area (Å²) in [5.41, 5.74) is 3.28. The molecule has 0 spiro atoms. The number of halogens is 3. The van der Waals surface area contributed by atoms with Crippen LogP contribution in [0.2, 0.25) is 0 Å². The second kappa shape index (κ2) is 9.90. The maximum Gasteiger partial charge on any atom is 0.416 e. The van der Waals surface area contributed by atoms with Crippen molar-refractivity contribution in [1.29, 1.82) is 0 Å². The van der Waals surface area contributed by atoms with Crippen molar-refractivity contribution < 1.29 is 17.9 Å². The minimum Gasteiger partial charge on any atom is -0.497 e. The Kier molecular flexibility index (Phi) is 6.94. The van der Waals surface area contributed by atoms with Gasteiger partial charge in [0.15, 0.2) is 0 Å². The molecule has 0 heterocycles. The molecule has 0 saturated heterocycles. The fraction of sp³-hybridized carbons (Fsp3) is 0.241.